The Morgan fingerprint density at radius 1 is 1.16 bits per heavy atom. The molecule has 1 aromatic carbocycles. The van der Waals surface area contributed by atoms with Gasteiger partial charge >= 0.3 is 0 Å². The fourth-order valence-electron chi connectivity index (χ4n) is 2.10. The average Bonchev–Trinajstić information content (AvgIpc) is 2.94. The van der Waals surface area contributed by atoms with Gasteiger partial charge in [-0.15, -0.1) is 23.2 Å². The molecule has 0 unspecified atom stereocenters. The van der Waals surface area contributed by atoms with Crippen LogP contribution in [0.4, 0.5) is 0 Å². The van der Waals surface area contributed by atoms with Crippen LogP contribution in [0.15, 0.2) is 45.6 Å². The van der Waals surface area contributed by atoms with Gasteiger partial charge in [-0.3, -0.25) is 0 Å². The zero-order valence-corrected chi connectivity index (χ0v) is 14.3. The summed E-state index contributed by atoms with van der Waals surface area (Å²) in [5, 5.41) is 4.30. The van der Waals surface area contributed by atoms with Gasteiger partial charge in [0.25, 0.3) is 0 Å². The molecular weight excluding hydrogens is 363 g/mol. The molecule has 0 nitrogen and oxygen atoms in total. The fourth-order valence-corrected chi connectivity index (χ4v) is 4.07. The molecule has 2 rings (SSSR count). The van der Waals surface area contributed by atoms with Crippen LogP contribution in [0.5, 0.6) is 0 Å². The highest BCUT2D eigenvalue weighted by Crippen LogP contribution is 2.34. The van der Waals surface area contributed by atoms with E-state index < -0.39 is 0 Å². The van der Waals surface area contributed by atoms with Crippen molar-refractivity contribution in [2.24, 2.45) is 0 Å². The first-order chi connectivity index (χ1) is 9.20. The van der Waals surface area contributed by atoms with Crippen molar-refractivity contribution in [2.75, 3.05) is 11.8 Å². The van der Waals surface area contributed by atoms with Crippen molar-refractivity contribution in [1.29, 1.82) is 0 Å². The Hall–Kier alpha value is -0.0200. The number of aryl methyl sites for hydroxylation is 1. The van der Waals surface area contributed by atoms with Crippen LogP contribution >= 0.6 is 50.5 Å². The predicted octanol–water partition coefficient (Wildman–Crippen LogP) is 5.86. The Bertz CT molecular complexity index is 507. The lowest BCUT2D eigenvalue weighted by Crippen LogP contribution is -2.31. The normalized spacial score (nSPS) is 11.7. The summed E-state index contributed by atoms with van der Waals surface area (Å²) in [5.74, 6) is 1.08. The van der Waals surface area contributed by atoms with Crippen LogP contribution in [-0.4, -0.2) is 11.8 Å². The van der Waals surface area contributed by atoms with E-state index in [4.69, 9.17) is 23.2 Å². The maximum Gasteiger partial charge on any atom is 0.0332 e. The lowest BCUT2D eigenvalue weighted by atomic mass is 9.79. The molecule has 4 heteroatoms. The van der Waals surface area contributed by atoms with Gasteiger partial charge in [-0.1, -0.05) is 28.1 Å². The molecular formula is C15H15BrCl2S. The first-order valence-electron chi connectivity index (χ1n) is 6.09. The van der Waals surface area contributed by atoms with E-state index in [2.05, 4.69) is 44.9 Å². The standard InChI is InChI=1S/C15H15BrCl2S/c16-14-3-1-2-13(8-14)15(10-17,11-18)6-4-12-5-7-19-9-12/h1-3,5,7-9H,4,6,10-11H2. The first kappa shape index (κ1) is 15.4. The second kappa shape index (κ2) is 7.12. The van der Waals surface area contributed by atoms with Crippen molar-refractivity contribution in [1.82, 2.24) is 0 Å². The lowest BCUT2D eigenvalue weighted by molar-refractivity contribution is 0.492. The zero-order chi connectivity index (χ0) is 13.7. The van der Waals surface area contributed by atoms with Crippen LogP contribution < -0.4 is 0 Å². The number of benzene rings is 1. The Morgan fingerprint density at radius 2 is 1.95 bits per heavy atom. The maximum absolute atomic E-state index is 6.25. The van der Waals surface area contributed by atoms with Gasteiger partial charge in [0.15, 0.2) is 0 Å². The summed E-state index contributed by atoms with van der Waals surface area (Å²) < 4.78 is 1.07. The summed E-state index contributed by atoms with van der Waals surface area (Å²) in [6, 6.07) is 10.5. The predicted molar refractivity (Wildman–Crippen MR) is 89.9 cm³/mol. The topological polar surface area (TPSA) is 0 Å². The van der Waals surface area contributed by atoms with Gasteiger partial charge in [0.1, 0.15) is 0 Å². The molecule has 0 radical (unpaired) electrons. The van der Waals surface area contributed by atoms with Crippen molar-refractivity contribution in [3.05, 3.63) is 56.7 Å². The number of hydrogen-bond acceptors (Lipinski definition) is 1. The van der Waals surface area contributed by atoms with Crippen molar-refractivity contribution >= 4 is 50.5 Å². The van der Waals surface area contributed by atoms with Gasteiger partial charge < -0.3 is 0 Å². The minimum Gasteiger partial charge on any atom is -0.152 e. The molecule has 0 saturated carbocycles. The summed E-state index contributed by atoms with van der Waals surface area (Å²) in [6.45, 7) is 0. The molecule has 0 aliphatic carbocycles. The first-order valence-corrected chi connectivity index (χ1v) is 8.90. The van der Waals surface area contributed by atoms with Crippen LogP contribution in [0.2, 0.25) is 0 Å². The van der Waals surface area contributed by atoms with Crippen molar-refractivity contribution in [3.8, 4) is 0 Å². The summed E-state index contributed by atoms with van der Waals surface area (Å²) in [5.41, 5.74) is 2.41. The van der Waals surface area contributed by atoms with Gasteiger partial charge in [-0.05, 0) is 52.9 Å². The van der Waals surface area contributed by atoms with Crippen LogP contribution in [-0.2, 0) is 11.8 Å². The van der Waals surface area contributed by atoms with Crippen molar-refractivity contribution in [2.45, 2.75) is 18.3 Å². The molecule has 1 heterocycles. The smallest absolute Gasteiger partial charge is 0.0332 e. The monoisotopic (exact) mass is 376 g/mol. The Balaban J connectivity index is 2.21. The average molecular weight is 378 g/mol. The molecule has 0 atom stereocenters. The van der Waals surface area contributed by atoms with Gasteiger partial charge in [0, 0.05) is 21.6 Å². The van der Waals surface area contributed by atoms with E-state index in [1.165, 1.54) is 11.1 Å². The molecule has 0 saturated heterocycles. The zero-order valence-electron chi connectivity index (χ0n) is 10.4. The Morgan fingerprint density at radius 3 is 2.53 bits per heavy atom. The van der Waals surface area contributed by atoms with E-state index in [1.807, 2.05) is 12.1 Å². The third-order valence-corrected chi connectivity index (χ3v) is 5.67. The van der Waals surface area contributed by atoms with Crippen molar-refractivity contribution in [3.63, 3.8) is 0 Å². The highest BCUT2D eigenvalue weighted by molar-refractivity contribution is 9.10. The molecule has 0 bridgehead atoms. The number of rotatable bonds is 6. The summed E-state index contributed by atoms with van der Waals surface area (Å²) in [4.78, 5) is 0. The molecule has 1 aromatic heterocycles. The summed E-state index contributed by atoms with van der Waals surface area (Å²) in [6.07, 6.45) is 1.97. The van der Waals surface area contributed by atoms with E-state index in [1.54, 1.807) is 11.3 Å². The molecule has 0 aliphatic heterocycles. The fraction of sp³-hybridized carbons (Fsp3) is 0.333. The second-order valence-electron chi connectivity index (χ2n) is 4.69. The third-order valence-electron chi connectivity index (χ3n) is 3.42. The van der Waals surface area contributed by atoms with Gasteiger partial charge in [0.2, 0.25) is 0 Å². The molecule has 2 aromatic rings. The summed E-state index contributed by atoms with van der Waals surface area (Å²) >= 11 is 17.8. The molecule has 0 N–H and O–H groups in total. The number of halogens is 3. The van der Waals surface area contributed by atoms with E-state index in [0.717, 1.165) is 17.3 Å². The number of alkyl halides is 2. The quantitative estimate of drug-likeness (QED) is 0.553. The van der Waals surface area contributed by atoms with E-state index in [9.17, 15) is 0 Å². The van der Waals surface area contributed by atoms with Crippen LogP contribution in [0.3, 0.4) is 0 Å². The highest BCUT2D eigenvalue weighted by atomic mass is 79.9. The number of thiophene rings is 1. The second-order valence-corrected chi connectivity index (χ2v) is 6.92. The van der Waals surface area contributed by atoms with Crippen LogP contribution in [0, 0.1) is 0 Å². The largest absolute Gasteiger partial charge is 0.152 e. The lowest BCUT2D eigenvalue weighted by Gasteiger charge is -2.30. The highest BCUT2D eigenvalue weighted by Gasteiger charge is 2.30. The van der Waals surface area contributed by atoms with E-state index in [0.29, 0.717) is 11.8 Å². The number of hydrogen-bond donors (Lipinski definition) is 0. The Labute approximate surface area is 136 Å². The molecule has 102 valence electrons. The van der Waals surface area contributed by atoms with Gasteiger partial charge in [0.05, 0.1) is 0 Å². The third kappa shape index (κ3) is 3.75. The van der Waals surface area contributed by atoms with Gasteiger partial charge in [-0.2, -0.15) is 11.3 Å². The molecule has 19 heavy (non-hydrogen) atoms. The van der Waals surface area contributed by atoms with E-state index >= 15 is 0 Å². The van der Waals surface area contributed by atoms with Crippen molar-refractivity contribution < 1.29 is 0 Å². The molecule has 0 amide bonds. The minimum absolute atomic E-state index is 0.158. The summed E-state index contributed by atoms with van der Waals surface area (Å²) in [7, 11) is 0. The van der Waals surface area contributed by atoms with Gasteiger partial charge in [-0.25, -0.2) is 0 Å². The van der Waals surface area contributed by atoms with Crippen LogP contribution in [0.1, 0.15) is 17.5 Å². The SMILES string of the molecule is ClCC(CCl)(CCc1ccsc1)c1cccc(Br)c1. The van der Waals surface area contributed by atoms with E-state index in [-0.39, 0.29) is 5.41 Å². The maximum atomic E-state index is 6.25. The Kier molecular flexibility index (Phi) is 5.76. The molecule has 0 aliphatic rings. The molecule has 0 spiro atoms. The minimum atomic E-state index is -0.158. The van der Waals surface area contributed by atoms with Crippen LogP contribution in [0.25, 0.3) is 0 Å². The molecule has 0 fully saturated rings.